The van der Waals surface area contributed by atoms with Crippen LogP contribution in [0.2, 0.25) is 5.15 Å². The molecule has 0 saturated heterocycles. The van der Waals surface area contributed by atoms with Crippen molar-refractivity contribution in [3.8, 4) is 0 Å². The van der Waals surface area contributed by atoms with Gasteiger partial charge in [0.1, 0.15) is 0 Å². The molecule has 3 nitrogen and oxygen atoms in total. The molecular weight excluding hydrogens is 186 g/mol. The molecule has 1 rings (SSSR count). The lowest BCUT2D eigenvalue weighted by molar-refractivity contribution is 0.439. The molecule has 4 heteroatoms. The summed E-state index contributed by atoms with van der Waals surface area (Å²) in [6.45, 7) is 10.5. The van der Waals surface area contributed by atoms with Crippen LogP contribution in [0.25, 0.3) is 0 Å². The first kappa shape index (κ1) is 10.5. The summed E-state index contributed by atoms with van der Waals surface area (Å²) in [6.07, 6.45) is 0. The van der Waals surface area contributed by atoms with Crippen molar-refractivity contribution in [1.82, 2.24) is 15.0 Å². The summed E-state index contributed by atoms with van der Waals surface area (Å²) < 4.78 is 1.88. The first-order chi connectivity index (χ1) is 5.84. The van der Waals surface area contributed by atoms with E-state index in [0.717, 1.165) is 5.69 Å². The van der Waals surface area contributed by atoms with Gasteiger partial charge in [-0.2, -0.15) is 0 Å². The van der Waals surface area contributed by atoms with Crippen molar-refractivity contribution in [1.29, 1.82) is 0 Å². The maximum atomic E-state index is 5.98. The Kier molecular flexibility index (Phi) is 2.66. The van der Waals surface area contributed by atoms with Crippen molar-refractivity contribution in [2.45, 2.75) is 46.1 Å². The lowest BCUT2D eigenvalue weighted by Gasteiger charge is -2.21. The molecule has 0 radical (unpaired) electrons. The third-order valence-corrected chi connectivity index (χ3v) is 2.11. The summed E-state index contributed by atoms with van der Waals surface area (Å²) in [4.78, 5) is 0. The monoisotopic (exact) mass is 201 g/mol. The number of nitrogens with zero attached hydrogens (tertiary/aromatic N) is 3. The zero-order valence-corrected chi connectivity index (χ0v) is 9.55. The Labute approximate surface area is 84.1 Å². The van der Waals surface area contributed by atoms with Crippen LogP contribution >= 0.6 is 11.6 Å². The molecule has 74 valence electrons. The summed E-state index contributed by atoms with van der Waals surface area (Å²) in [7, 11) is 0. The summed E-state index contributed by atoms with van der Waals surface area (Å²) in [5.41, 5.74) is 0.995. The fourth-order valence-electron chi connectivity index (χ4n) is 1.29. The predicted molar refractivity (Wildman–Crippen MR) is 54.1 cm³/mol. The third-order valence-electron chi connectivity index (χ3n) is 1.85. The zero-order valence-electron chi connectivity index (χ0n) is 8.80. The van der Waals surface area contributed by atoms with Gasteiger partial charge in [-0.15, -0.1) is 5.10 Å². The average Bonchev–Trinajstić information content (AvgIpc) is 2.28. The highest BCUT2D eigenvalue weighted by Gasteiger charge is 2.25. The van der Waals surface area contributed by atoms with Gasteiger partial charge >= 0.3 is 0 Å². The fourth-order valence-corrected chi connectivity index (χ4v) is 1.69. The highest BCUT2D eigenvalue weighted by Crippen LogP contribution is 2.29. The smallest absolute Gasteiger partial charge is 0.175 e. The molecular formula is C9H16ClN3. The Hall–Kier alpha value is -0.570. The van der Waals surface area contributed by atoms with E-state index in [-0.39, 0.29) is 5.41 Å². The standard InChI is InChI=1S/C9H16ClN3/c1-6(2)13-7(9(3,4)5)8(10)11-12-13/h6H,1-5H3. The van der Waals surface area contributed by atoms with E-state index >= 15 is 0 Å². The lowest BCUT2D eigenvalue weighted by atomic mass is 9.92. The van der Waals surface area contributed by atoms with Crippen molar-refractivity contribution in [2.24, 2.45) is 0 Å². The van der Waals surface area contributed by atoms with Gasteiger partial charge in [0.25, 0.3) is 0 Å². The van der Waals surface area contributed by atoms with Crippen molar-refractivity contribution in [2.75, 3.05) is 0 Å². The van der Waals surface area contributed by atoms with Crippen LogP contribution in [-0.2, 0) is 5.41 Å². The van der Waals surface area contributed by atoms with Crippen LogP contribution in [0.3, 0.4) is 0 Å². The van der Waals surface area contributed by atoms with E-state index in [2.05, 4.69) is 44.9 Å². The molecule has 0 atom stereocenters. The predicted octanol–water partition coefficient (Wildman–Crippen LogP) is 2.81. The molecule has 0 aromatic carbocycles. The van der Waals surface area contributed by atoms with Gasteiger partial charge in [-0.1, -0.05) is 37.6 Å². The number of halogens is 1. The number of hydrogen-bond acceptors (Lipinski definition) is 2. The zero-order chi connectivity index (χ0) is 10.2. The first-order valence-electron chi connectivity index (χ1n) is 4.45. The van der Waals surface area contributed by atoms with E-state index in [0.29, 0.717) is 11.2 Å². The fraction of sp³-hybridized carbons (Fsp3) is 0.778. The van der Waals surface area contributed by atoms with Crippen molar-refractivity contribution >= 4 is 11.6 Å². The molecule has 0 aliphatic heterocycles. The largest absolute Gasteiger partial charge is 0.245 e. The quantitative estimate of drug-likeness (QED) is 0.700. The maximum Gasteiger partial charge on any atom is 0.175 e. The Balaban J connectivity index is 3.25. The van der Waals surface area contributed by atoms with Gasteiger partial charge < -0.3 is 0 Å². The summed E-state index contributed by atoms with van der Waals surface area (Å²) in [6, 6.07) is 0.300. The number of aromatic nitrogens is 3. The van der Waals surface area contributed by atoms with E-state index in [1.54, 1.807) is 0 Å². The topological polar surface area (TPSA) is 30.7 Å². The van der Waals surface area contributed by atoms with Crippen LogP contribution in [0.15, 0.2) is 0 Å². The molecule has 0 aliphatic carbocycles. The van der Waals surface area contributed by atoms with Gasteiger partial charge in [-0.25, -0.2) is 4.68 Å². The first-order valence-corrected chi connectivity index (χ1v) is 4.83. The van der Waals surface area contributed by atoms with Crippen molar-refractivity contribution in [3.63, 3.8) is 0 Å². The minimum atomic E-state index is -0.00907. The van der Waals surface area contributed by atoms with Gasteiger partial charge in [0, 0.05) is 11.5 Å². The van der Waals surface area contributed by atoms with E-state index in [4.69, 9.17) is 11.6 Å². The van der Waals surface area contributed by atoms with Gasteiger partial charge in [-0.3, -0.25) is 0 Å². The van der Waals surface area contributed by atoms with Crippen LogP contribution in [0.1, 0.15) is 46.4 Å². The molecule has 1 heterocycles. The molecule has 1 aromatic heterocycles. The van der Waals surface area contributed by atoms with E-state index in [1.165, 1.54) is 0 Å². The molecule has 0 spiro atoms. The van der Waals surface area contributed by atoms with Crippen LogP contribution in [0, 0.1) is 0 Å². The number of rotatable bonds is 1. The minimum absolute atomic E-state index is 0.00907. The van der Waals surface area contributed by atoms with Crippen LogP contribution < -0.4 is 0 Å². The molecule has 0 saturated carbocycles. The molecule has 13 heavy (non-hydrogen) atoms. The van der Waals surface area contributed by atoms with Gasteiger partial charge in [-0.05, 0) is 13.8 Å². The van der Waals surface area contributed by atoms with Crippen molar-refractivity contribution in [3.05, 3.63) is 10.8 Å². The highest BCUT2D eigenvalue weighted by molar-refractivity contribution is 6.30. The Morgan fingerprint density at radius 3 is 2.15 bits per heavy atom. The lowest BCUT2D eigenvalue weighted by Crippen LogP contribution is -2.20. The Morgan fingerprint density at radius 2 is 1.85 bits per heavy atom. The summed E-state index contributed by atoms with van der Waals surface area (Å²) in [5, 5.41) is 8.41. The molecule has 0 N–H and O–H groups in total. The van der Waals surface area contributed by atoms with Crippen LogP contribution in [0.4, 0.5) is 0 Å². The summed E-state index contributed by atoms with van der Waals surface area (Å²) >= 11 is 5.98. The Morgan fingerprint density at radius 1 is 1.31 bits per heavy atom. The third kappa shape index (κ3) is 2.02. The number of hydrogen-bond donors (Lipinski definition) is 0. The highest BCUT2D eigenvalue weighted by atomic mass is 35.5. The molecule has 1 aromatic rings. The average molecular weight is 202 g/mol. The normalized spacial score (nSPS) is 12.5. The van der Waals surface area contributed by atoms with Gasteiger partial charge in [0.05, 0.1) is 5.69 Å². The molecule has 0 fully saturated rings. The summed E-state index contributed by atoms with van der Waals surface area (Å²) in [5.74, 6) is 0. The van der Waals surface area contributed by atoms with Gasteiger partial charge in [0.2, 0.25) is 0 Å². The van der Waals surface area contributed by atoms with Crippen molar-refractivity contribution < 1.29 is 0 Å². The second kappa shape index (κ2) is 3.29. The van der Waals surface area contributed by atoms with E-state index in [1.807, 2.05) is 4.68 Å². The molecule has 0 amide bonds. The Bertz CT molecular complexity index is 296. The molecule has 0 unspecified atom stereocenters. The second-order valence-electron chi connectivity index (χ2n) is 4.52. The van der Waals surface area contributed by atoms with Gasteiger partial charge in [0.15, 0.2) is 5.15 Å². The second-order valence-corrected chi connectivity index (χ2v) is 4.88. The molecule has 0 bridgehead atoms. The SMILES string of the molecule is CC(C)n1nnc(Cl)c1C(C)(C)C. The maximum absolute atomic E-state index is 5.98. The van der Waals surface area contributed by atoms with E-state index < -0.39 is 0 Å². The molecule has 0 aliphatic rings. The van der Waals surface area contributed by atoms with E-state index in [9.17, 15) is 0 Å². The van der Waals surface area contributed by atoms with Crippen LogP contribution in [0.5, 0.6) is 0 Å². The minimum Gasteiger partial charge on any atom is -0.245 e. The van der Waals surface area contributed by atoms with Crippen LogP contribution in [-0.4, -0.2) is 15.0 Å².